The summed E-state index contributed by atoms with van der Waals surface area (Å²) in [4.78, 5) is 51.1. The molecular weight excluding hydrogens is 467 g/mol. The number of esters is 1. The Hall–Kier alpha value is -3.02. The maximum atomic E-state index is 12.7. The SMILES string of the molecule is COC(=O)[C@H](Cc1c[nH]c2ccccc12)NP(=O)(O)OC[C@@H]1CC[C@H](n2ccc(=O)[nH]c2=O)O1. The number of methoxy groups -OCH3 is 1. The van der Waals surface area contributed by atoms with Crippen LogP contribution in [0.1, 0.15) is 24.6 Å². The molecule has 1 aromatic carbocycles. The van der Waals surface area contributed by atoms with Crippen LogP contribution in [0.25, 0.3) is 10.9 Å². The second kappa shape index (κ2) is 10.1. The lowest BCUT2D eigenvalue weighted by atomic mass is 10.1. The molecule has 12 nitrogen and oxygen atoms in total. The van der Waals surface area contributed by atoms with E-state index in [1.54, 1.807) is 6.20 Å². The van der Waals surface area contributed by atoms with Gasteiger partial charge < -0.3 is 19.4 Å². The summed E-state index contributed by atoms with van der Waals surface area (Å²) < 4.78 is 29.7. The minimum absolute atomic E-state index is 0.0989. The molecule has 0 saturated carbocycles. The zero-order valence-corrected chi connectivity index (χ0v) is 19.2. The number of H-pyrrole nitrogens is 2. The van der Waals surface area contributed by atoms with Gasteiger partial charge >= 0.3 is 19.4 Å². The molecule has 0 aliphatic carbocycles. The first-order valence-corrected chi connectivity index (χ1v) is 12.2. The van der Waals surface area contributed by atoms with E-state index in [0.29, 0.717) is 12.8 Å². The molecule has 0 spiro atoms. The van der Waals surface area contributed by atoms with E-state index in [0.717, 1.165) is 16.5 Å². The fourth-order valence-electron chi connectivity index (χ4n) is 3.93. The Labute approximate surface area is 193 Å². The van der Waals surface area contributed by atoms with Crippen molar-refractivity contribution in [2.45, 2.75) is 37.6 Å². The molecule has 4 atom stereocenters. The number of para-hydroxylation sites is 1. The summed E-state index contributed by atoms with van der Waals surface area (Å²) in [6.45, 7) is -0.240. The first kappa shape index (κ1) is 24.1. The highest BCUT2D eigenvalue weighted by Gasteiger charge is 2.33. The lowest BCUT2D eigenvalue weighted by Gasteiger charge is -2.21. The minimum Gasteiger partial charge on any atom is -0.468 e. The predicted molar refractivity (Wildman–Crippen MR) is 121 cm³/mol. The average molecular weight is 492 g/mol. The standard InChI is InChI=1S/C21H25N4O8P/c1-31-20(27)17(10-13-11-22-16-5-3-2-4-15(13)16)24-34(29,30)32-12-14-6-7-19(33-14)25-9-8-18(26)23-21(25)28/h2-5,8-9,11,14,17,19,22H,6-7,10,12H2,1H3,(H,23,26,28)(H2,24,29,30)/t14-,17-,19+/m0/s1. The van der Waals surface area contributed by atoms with E-state index < -0.39 is 43.3 Å². The molecule has 0 bridgehead atoms. The summed E-state index contributed by atoms with van der Waals surface area (Å²) >= 11 is 0. The smallest absolute Gasteiger partial charge is 0.403 e. The van der Waals surface area contributed by atoms with Gasteiger partial charge in [0.05, 0.1) is 19.8 Å². The van der Waals surface area contributed by atoms with Gasteiger partial charge in [-0.05, 0) is 24.5 Å². The summed E-state index contributed by atoms with van der Waals surface area (Å²) in [5.41, 5.74) is 0.525. The normalized spacial score (nSPS) is 20.8. The van der Waals surface area contributed by atoms with Crippen LogP contribution in [0.4, 0.5) is 0 Å². The van der Waals surface area contributed by atoms with Crippen molar-refractivity contribution in [3.63, 3.8) is 0 Å². The molecule has 0 radical (unpaired) electrons. The number of rotatable bonds is 9. The van der Waals surface area contributed by atoms with Gasteiger partial charge in [-0.25, -0.2) is 14.4 Å². The molecule has 1 unspecified atom stereocenters. The molecule has 13 heteroatoms. The van der Waals surface area contributed by atoms with E-state index in [-0.39, 0.29) is 13.0 Å². The number of hydrogen-bond donors (Lipinski definition) is 4. The Morgan fingerprint density at radius 2 is 2.12 bits per heavy atom. The fraction of sp³-hybridized carbons (Fsp3) is 0.381. The minimum atomic E-state index is -4.41. The Kier molecular flexibility index (Phi) is 7.15. The molecule has 3 heterocycles. The summed E-state index contributed by atoms with van der Waals surface area (Å²) in [6, 6.07) is 7.58. The van der Waals surface area contributed by atoms with Crippen LogP contribution in [-0.2, 0) is 29.8 Å². The maximum absolute atomic E-state index is 12.7. The van der Waals surface area contributed by atoms with Crippen molar-refractivity contribution in [2.24, 2.45) is 0 Å². The van der Waals surface area contributed by atoms with Crippen molar-refractivity contribution in [2.75, 3.05) is 13.7 Å². The number of carbonyl (C=O) groups is 1. The van der Waals surface area contributed by atoms with E-state index >= 15 is 0 Å². The van der Waals surface area contributed by atoms with Gasteiger partial charge in [0.1, 0.15) is 12.3 Å². The van der Waals surface area contributed by atoms with Gasteiger partial charge in [0.25, 0.3) is 5.56 Å². The third-order valence-corrected chi connectivity index (χ3v) is 6.72. The highest BCUT2D eigenvalue weighted by atomic mass is 31.2. The first-order valence-electron chi connectivity index (χ1n) is 10.6. The summed E-state index contributed by atoms with van der Waals surface area (Å²) in [5.74, 6) is -0.710. The first-order chi connectivity index (χ1) is 16.3. The largest absolute Gasteiger partial charge is 0.468 e. The van der Waals surface area contributed by atoms with E-state index in [1.165, 1.54) is 23.9 Å². The van der Waals surface area contributed by atoms with Gasteiger partial charge in [0, 0.05) is 35.8 Å². The zero-order valence-electron chi connectivity index (χ0n) is 18.3. The number of carbonyl (C=O) groups excluding carboxylic acids is 1. The number of aromatic nitrogens is 3. The molecule has 0 amide bonds. The fourth-order valence-corrected chi connectivity index (χ4v) is 4.96. The highest BCUT2D eigenvalue weighted by Crippen LogP contribution is 2.40. The van der Waals surface area contributed by atoms with Gasteiger partial charge in [0.2, 0.25) is 0 Å². The monoisotopic (exact) mass is 492 g/mol. The molecular formula is C21H25N4O8P. The van der Waals surface area contributed by atoms with E-state index in [2.05, 4.69) is 15.1 Å². The lowest BCUT2D eigenvalue weighted by Crippen LogP contribution is -2.38. The highest BCUT2D eigenvalue weighted by molar-refractivity contribution is 7.50. The van der Waals surface area contributed by atoms with Gasteiger partial charge in [0.15, 0.2) is 0 Å². The molecule has 1 saturated heterocycles. The van der Waals surface area contributed by atoms with E-state index in [1.807, 2.05) is 24.3 Å². The number of ether oxygens (including phenoxy) is 2. The topological polar surface area (TPSA) is 165 Å². The Balaban J connectivity index is 1.37. The molecule has 3 aromatic rings. The van der Waals surface area contributed by atoms with Crippen molar-refractivity contribution < 1.29 is 28.3 Å². The Morgan fingerprint density at radius 1 is 1.32 bits per heavy atom. The number of aromatic amines is 2. The van der Waals surface area contributed by atoms with Crippen molar-refractivity contribution in [1.29, 1.82) is 0 Å². The van der Waals surface area contributed by atoms with Crippen LogP contribution in [0.3, 0.4) is 0 Å². The number of benzene rings is 1. The van der Waals surface area contributed by atoms with Crippen molar-refractivity contribution in [1.82, 2.24) is 19.6 Å². The van der Waals surface area contributed by atoms with Gasteiger partial charge in [-0.1, -0.05) is 18.2 Å². The summed E-state index contributed by atoms with van der Waals surface area (Å²) in [5, 5.41) is 3.26. The van der Waals surface area contributed by atoms with Crippen LogP contribution in [0.5, 0.6) is 0 Å². The molecule has 34 heavy (non-hydrogen) atoms. The van der Waals surface area contributed by atoms with Crippen molar-refractivity contribution >= 4 is 24.6 Å². The van der Waals surface area contributed by atoms with Gasteiger partial charge in [-0.2, -0.15) is 0 Å². The molecule has 4 N–H and O–H groups in total. The average Bonchev–Trinajstić information content (AvgIpc) is 3.44. The summed E-state index contributed by atoms with van der Waals surface area (Å²) in [6.07, 6.45) is 2.89. The Bertz CT molecular complexity index is 1330. The van der Waals surface area contributed by atoms with Crippen LogP contribution in [-0.4, -0.2) is 51.3 Å². The zero-order chi connectivity index (χ0) is 24.3. The van der Waals surface area contributed by atoms with E-state index in [4.69, 9.17) is 14.0 Å². The van der Waals surface area contributed by atoms with Crippen molar-refractivity contribution in [3.8, 4) is 0 Å². The molecule has 182 valence electrons. The van der Waals surface area contributed by atoms with Crippen LogP contribution in [0, 0.1) is 0 Å². The maximum Gasteiger partial charge on any atom is 0.403 e. The number of nitrogens with one attached hydrogen (secondary N) is 3. The number of hydrogen-bond acceptors (Lipinski definition) is 7. The van der Waals surface area contributed by atoms with Crippen LogP contribution < -0.4 is 16.3 Å². The van der Waals surface area contributed by atoms with Crippen LogP contribution >= 0.6 is 7.75 Å². The van der Waals surface area contributed by atoms with E-state index in [9.17, 15) is 23.8 Å². The lowest BCUT2D eigenvalue weighted by molar-refractivity contribution is -0.142. The van der Waals surface area contributed by atoms with Gasteiger partial charge in [-0.3, -0.25) is 23.7 Å². The summed E-state index contributed by atoms with van der Waals surface area (Å²) in [7, 11) is -3.22. The second-order valence-corrected chi connectivity index (χ2v) is 9.45. The molecule has 2 aromatic heterocycles. The molecule has 1 fully saturated rings. The third kappa shape index (κ3) is 5.54. The van der Waals surface area contributed by atoms with Gasteiger partial charge in [-0.15, -0.1) is 0 Å². The number of fused-ring (bicyclic) bond motifs is 1. The number of nitrogens with zero attached hydrogens (tertiary/aromatic N) is 1. The molecule has 1 aliphatic heterocycles. The molecule has 4 rings (SSSR count). The van der Waals surface area contributed by atoms with Crippen LogP contribution in [0.15, 0.2) is 52.3 Å². The Morgan fingerprint density at radius 3 is 2.88 bits per heavy atom. The van der Waals surface area contributed by atoms with Crippen molar-refractivity contribution in [3.05, 3.63) is 69.1 Å². The molecule has 1 aliphatic rings. The second-order valence-electron chi connectivity index (χ2n) is 7.89. The van der Waals surface area contributed by atoms with Crippen LogP contribution in [0.2, 0.25) is 0 Å². The third-order valence-electron chi connectivity index (χ3n) is 5.59. The predicted octanol–water partition coefficient (Wildman–Crippen LogP) is 1.19. The quantitative estimate of drug-likeness (QED) is 0.254.